The van der Waals surface area contributed by atoms with Gasteiger partial charge in [-0.3, -0.25) is 5.32 Å². The van der Waals surface area contributed by atoms with E-state index in [4.69, 9.17) is 0 Å². The Hall–Kier alpha value is -1.75. The molecule has 21 heavy (non-hydrogen) atoms. The summed E-state index contributed by atoms with van der Waals surface area (Å²) in [5, 5.41) is 22.2. The fraction of sp³-hybridized carbons (Fsp3) is 0.294. The van der Waals surface area contributed by atoms with Crippen molar-refractivity contribution in [3.63, 3.8) is 0 Å². The summed E-state index contributed by atoms with van der Waals surface area (Å²) in [6, 6.07) is 15.6. The molecule has 0 radical (unpaired) electrons. The summed E-state index contributed by atoms with van der Waals surface area (Å²) in [6.07, 6.45) is 0. The maximum absolute atomic E-state index is 13.1. The number of halogens is 1. The summed E-state index contributed by atoms with van der Waals surface area (Å²) >= 11 is 0. The highest BCUT2D eigenvalue weighted by atomic mass is 19.1. The van der Waals surface area contributed by atoms with Crippen LogP contribution in [-0.4, -0.2) is 29.0 Å². The number of hydrogen-bond donors (Lipinski definition) is 3. The van der Waals surface area contributed by atoms with Gasteiger partial charge in [0.15, 0.2) is 0 Å². The van der Waals surface area contributed by atoms with E-state index in [-0.39, 0.29) is 25.1 Å². The van der Waals surface area contributed by atoms with Crippen molar-refractivity contribution in [1.29, 1.82) is 0 Å². The van der Waals surface area contributed by atoms with Crippen molar-refractivity contribution in [2.75, 3.05) is 13.2 Å². The van der Waals surface area contributed by atoms with Gasteiger partial charge in [0.1, 0.15) is 5.82 Å². The zero-order valence-corrected chi connectivity index (χ0v) is 12.0. The first-order chi connectivity index (χ1) is 10.1. The highest BCUT2D eigenvalue weighted by molar-refractivity contribution is 5.32. The first kappa shape index (κ1) is 15.6. The van der Waals surface area contributed by atoms with Crippen LogP contribution in [0.5, 0.6) is 0 Å². The van der Waals surface area contributed by atoms with Gasteiger partial charge in [-0.2, -0.15) is 0 Å². The summed E-state index contributed by atoms with van der Waals surface area (Å²) in [4.78, 5) is 0. The molecule has 0 amide bonds. The Kier molecular flexibility index (Phi) is 5.07. The second-order valence-electron chi connectivity index (χ2n) is 5.42. The third kappa shape index (κ3) is 3.88. The van der Waals surface area contributed by atoms with Gasteiger partial charge in [-0.15, -0.1) is 0 Å². The summed E-state index contributed by atoms with van der Waals surface area (Å²) in [5.74, 6) is -0.294. The maximum atomic E-state index is 13.1. The molecule has 0 saturated carbocycles. The van der Waals surface area contributed by atoms with E-state index in [2.05, 4.69) is 5.32 Å². The van der Waals surface area contributed by atoms with Crippen molar-refractivity contribution in [2.45, 2.75) is 18.5 Å². The van der Waals surface area contributed by atoms with Crippen molar-refractivity contribution in [3.05, 3.63) is 71.5 Å². The molecule has 0 fully saturated rings. The largest absolute Gasteiger partial charge is 0.394 e. The van der Waals surface area contributed by atoms with Gasteiger partial charge >= 0.3 is 0 Å². The van der Waals surface area contributed by atoms with Gasteiger partial charge < -0.3 is 10.2 Å². The Bertz CT molecular complexity index is 553. The first-order valence-corrected chi connectivity index (χ1v) is 6.88. The van der Waals surface area contributed by atoms with Crippen LogP contribution >= 0.6 is 0 Å². The van der Waals surface area contributed by atoms with Crippen molar-refractivity contribution >= 4 is 0 Å². The number of hydrogen-bond acceptors (Lipinski definition) is 3. The third-order valence-electron chi connectivity index (χ3n) is 3.53. The minimum absolute atomic E-state index is 0.200. The van der Waals surface area contributed by atoms with Crippen molar-refractivity contribution < 1.29 is 14.6 Å². The van der Waals surface area contributed by atoms with Crippen molar-refractivity contribution in [3.8, 4) is 0 Å². The van der Waals surface area contributed by atoms with Crippen LogP contribution in [0.25, 0.3) is 0 Å². The normalized spacial score (nSPS) is 13.1. The van der Waals surface area contributed by atoms with E-state index in [1.807, 2.05) is 30.3 Å². The molecule has 0 aliphatic heterocycles. The van der Waals surface area contributed by atoms with Gasteiger partial charge in [0, 0.05) is 0 Å². The van der Waals surface area contributed by atoms with Gasteiger partial charge in [0.25, 0.3) is 0 Å². The average Bonchev–Trinajstić information content (AvgIpc) is 2.54. The Labute approximate surface area is 124 Å². The van der Waals surface area contributed by atoms with E-state index in [9.17, 15) is 14.6 Å². The van der Waals surface area contributed by atoms with Crippen LogP contribution in [0, 0.1) is 5.82 Å². The van der Waals surface area contributed by atoms with Crippen molar-refractivity contribution in [1.82, 2.24) is 5.32 Å². The van der Waals surface area contributed by atoms with Crippen LogP contribution in [0.15, 0.2) is 54.6 Å². The molecule has 2 aromatic rings. The molecule has 0 aliphatic carbocycles. The molecule has 0 spiro atoms. The lowest BCUT2D eigenvalue weighted by molar-refractivity contribution is 0.0978. The molecule has 2 rings (SSSR count). The molecule has 2 aromatic carbocycles. The predicted octanol–water partition coefficient (Wildman–Crippen LogP) is 2.25. The molecule has 4 heteroatoms. The Morgan fingerprint density at radius 1 is 0.952 bits per heavy atom. The monoisotopic (exact) mass is 289 g/mol. The van der Waals surface area contributed by atoms with E-state index in [1.54, 1.807) is 19.1 Å². The zero-order chi connectivity index (χ0) is 15.3. The molecule has 0 aliphatic rings. The van der Waals surface area contributed by atoms with E-state index in [1.165, 1.54) is 12.1 Å². The van der Waals surface area contributed by atoms with E-state index in [0.717, 1.165) is 11.1 Å². The summed E-state index contributed by atoms with van der Waals surface area (Å²) in [7, 11) is 0. The minimum Gasteiger partial charge on any atom is -0.394 e. The van der Waals surface area contributed by atoms with Gasteiger partial charge in [0.05, 0.1) is 24.8 Å². The molecule has 0 saturated heterocycles. The molecule has 112 valence electrons. The lowest BCUT2D eigenvalue weighted by Crippen LogP contribution is -2.50. The second-order valence-corrected chi connectivity index (χ2v) is 5.42. The molecular formula is C17H20FNO2. The van der Waals surface area contributed by atoms with Crippen LogP contribution in [0.1, 0.15) is 24.1 Å². The topological polar surface area (TPSA) is 52.5 Å². The summed E-state index contributed by atoms with van der Waals surface area (Å²) in [5.41, 5.74) is 1.03. The third-order valence-corrected chi connectivity index (χ3v) is 3.53. The summed E-state index contributed by atoms with van der Waals surface area (Å²) < 4.78 is 13.1. The lowest BCUT2D eigenvalue weighted by Gasteiger charge is -2.32. The van der Waals surface area contributed by atoms with Crippen LogP contribution in [0.2, 0.25) is 0 Å². The molecule has 3 N–H and O–H groups in total. The van der Waals surface area contributed by atoms with Gasteiger partial charge in [0.2, 0.25) is 0 Å². The standard InChI is InChI=1S/C17H20FNO2/c1-17(11-20,12-21)19-16(13-5-3-2-4-6-13)14-7-9-15(18)10-8-14/h2-10,16,19-21H,11-12H2,1H3. The number of aliphatic hydroxyl groups is 2. The number of benzene rings is 2. The maximum Gasteiger partial charge on any atom is 0.123 e. The van der Waals surface area contributed by atoms with Crippen LogP contribution < -0.4 is 5.32 Å². The highest BCUT2D eigenvalue weighted by Gasteiger charge is 2.27. The molecular weight excluding hydrogens is 269 g/mol. The first-order valence-electron chi connectivity index (χ1n) is 6.88. The molecule has 0 bridgehead atoms. The predicted molar refractivity (Wildman–Crippen MR) is 80.4 cm³/mol. The second kappa shape index (κ2) is 6.80. The van der Waals surface area contributed by atoms with Crippen LogP contribution in [0.3, 0.4) is 0 Å². The van der Waals surface area contributed by atoms with Gasteiger partial charge in [-0.05, 0) is 30.2 Å². The fourth-order valence-corrected chi connectivity index (χ4v) is 2.15. The Balaban J connectivity index is 2.37. The Morgan fingerprint density at radius 2 is 1.48 bits per heavy atom. The smallest absolute Gasteiger partial charge is 0.123 e. The van der Waals surface area contributed by atoms with Crippen LogP contribution in [0.4, 0.5) is 4.39 Å². The molecule has 1 unspecified atom stereocenters. The zero-order valence-electron chi connectivity index (χ0n) is 12.0. The van der Waals surface area contributed by atoms with E-state index < -0.39 is 5.54 Å². The van der Waals surface area contributed by atoms with Gasteiger partial charge in [-0.1, -0.05) is 42.5 Å². The highest BCUT2D eigenvalue weighted by Crippen LogP contribution is 2.25. The Morgan fingerprint density at radius 3 is 2.00 bits per heavy atom. The van der Waals surface area contributed by atoms with Crippen LogP contribution in [-0.2, 0) is 0 Å². The van der Waals surface area contributed by atoms with Crippen molar-refractivity contribution in [2.24, 2.45) is 0 Å². The number of nitrogens with one attached hydrogen (secondary N) is 1. The average molecular weight is 289 g/mol. The molecule has 3 nitrogen and oxygen atoms in total. The summed E-state index contributed by atoms with van der Waals surface area (Å²) in [6.45, 7) is 1.34. The minimum atomic E-state index is -0.825. The number of rotatable bonds is 6. The molecule has 0 aromatic heterocycles. The van der Waals surface area contributed by atoms with E-state index >= 15 is 0 Å². The van der Waals surface area contributed by atoms with E-state index in [0.29, 0.717) is 0 Å². The molecule has 1 atom stereocenters. The SMILES string of the molecule is CC(CO)(CO)NC(c1ccccc1)c1ccc(F)cc1. The fourth-order valence-electron chi connectivity index (χ4n) is 2.15. The quantitative estimate of drug-likeness (QED) is 0.764. The number of aliphatic hydroxyl groups excluding tert-OH is 2. The molecule has 0 heterocycles. The van der Waals surface area contributed by atoms with Gasteiger partial charge in [-0.25, -0.2) is 4.39 Å². The lowest BCUT2D eigenvalue weighted by atomic mass is 9.94.